The maximum Gasteiger partial charge on any atom is 0.273 e. The number of carbonyl (C=O) groups is 1. The molecule has 0 saturated heterocycles. The first-order valence-corrected chi connectivity index (χ1v) is 10.1. The minimum absolute atomic E-state index is 0.0277. The number of nitrogens with two attached hydrogens (primary N) is 2. The highest BCUT2D eigenvalue weighted by Gasteiger charge is 2.23. The van der Waals surface area contributed by atoms with E-state index in [2.05, 4.69) is 25.8 Å². The van der Waals surface area contributed by atoms with Crippen molar-refractivity contribution in [1.82, 2.24) is 19.7 Å². The highest BCUT2D eigenvalue weighted by molar-refractivity contribution is 5.96. The van der Waals surface area contributed by atoms with Crippen molar-refractivity contribution in [3.8, 4) is 0 Å². The van der Waals surface area contributed by atoms with E-state index in [1.165, 1.54) is 0 Å². The van der Waals surface area contributed by atoms with Gasteiger partial charge in [-0.3, -0.25) is 4.79 Å². The number of aromatic nitrogens is 4. The summed E-state index contributed by atoms with van der Waals surface area (Å²) in [6.45, 7) is 0.596. The number of hydrogen-bond acceptors (Lipinski definition) is 8. The molecular formula is C20H26N8O2. The fourth-order valence-corrected chi connectivity index (χ4v) is 3.80. The van der Waals surface area contributed by atoms with E-state index in [0.717, 1.165) is 42.1 Å². The molecule has 1 aliphatic carbocycles. The summed E-state index contributed by atoms with van der Waals surface area (Å²) in [6, 6.07) is 5.85. The molecule has 1 aliphatic rings. The molecule has 0 radical (unpaired) electrons. The van der Waals surface area contributed by atoms with Crippen LogP contribution in [-0.4, -0.2) is 49.5 Å². The lowest BCUT2D eigenvalue weighted by molar-refractivity contribution is 0.0995. The number of primary amides is 1. The molecule has 0 bridgehead atoms. The van der Waals surface area contributed by atoms with E-state index in [4.69, 9.17) is 16.6 Å². The number of aliphatic hydroxyl groups excluding tert-OH is 1. The quantitative estimate of drug-likeness (QED) is 0.390. The van der Waals surface area contributed by atoms with E-state index < -0.39 is 5.91 Å². The molecule has 2 heterocycles. The van der Waals surface area contributed by atoms with Gasteiger partial charge < -0.3 is 31.8 Å². The van der Waals surface area contributed by atoms with Crippen molar-refractivity contribution < 1.29 is 9.90 Å². The van der Waals surface area contributed by atoms with Crippen molar-refractivity contribution in [2.75, 3.05) is 17.2 Å². The summed E-state index contributed by atoms with van der Waals surface area (Å²) in [7, 11) is 0. The average molecular weight is 410 g/mol. The van der Waals surface area contributed by atoms with Crippen LogP contribution in [0.4, 0.5) is 17.5 Å². The molecule has 158 valence electrons. The predicted molar refractivity (Wildman–Crippen MR) is 115 cm³/mol. The summed E-state index contributed by atoms with van der Waals surface area (Å²) >= 11 is 0. The van der Waals surface area contributed by atoms with Gasteiger partial charge in [0.05, 0.1) is 6.61 Å². The van der Waals surface area contributed by atoms with Crippen LogP contribution in [0.25, 0.3) is 10.8 Å². The van der Waals surface area contributed by atoms with Crippen molar-refractivity contribution in [1.29, 1.82) is 0 Å². The number of carbonyl (C=O) groups excluding carboxylic acids is 1. The van der Waals surface area contributed by atoms with Crippen LogP contribution < -0.4 is 22.1 Å². The minimum Gasteiger partial charge on any atom is -0.395 e. The van der Waals surface area contributed by atoms with Crippen LogP contribution in [0.5, 0.6) is 0 Å². The van der Waals surface area contributed by atoms with Gasteiger partial charge in [-0.05, 0) is 30.4 Å². The van der Waals surface area contributed by atoms with Crippen LogP contribution in [0, 0.1) is 0 Å². The van der Waals surface area contributed by atoms with Crippen LogP contribution >= 0.6 is 0 Å². The van der Waals surface area contributed by atoms with Crippen molar-refractivity contribution in [3.63, 3.8) is 0 Å². The summed E-state index contributed by atoms with van der Waals surface area (Å²) in [5, 5.41) is 25.5. The van der Waals surface area contributed by atoms with Gasteiger partial charge in [0.1, 0.15) is 0 Å². The Balaban J connectivity index is 1.59. The number of hydrogen-bond donors (Lipinski definition) is 5. The number of rotatable bonds is 7. The third-order valence-electron chi connectivity index (χ3n) is 5.37. The van der Waals surface area contributed by atoms with E-state index >= 15 is 0 Å². The number of anilines is 3. The standard InChI is InChI=1S/C20H26N8O2/c21-15-3-1-2-4-16(15)24-20-25-19(17(18(22)30)26-27-20)23-14-6-5-12-10-28(7-8-29)11-13(12)9-14/h5-6,9-11,15-16,29H,1-4,7-8,21H2,(H2,22,30)(H2,23,24,25,27)/t15-,16+/m0/s1. The van der Waals surface area contributed by atoms with Crippen molar-refractivity contribution in [2.24, 2.45) is 11.5 Å². The normalized spacial score (nSPS) is 19.0. The number of amides is 1. The molecule has 1 amide bonds. The van der Waals surface area contributed by atoms with Gasteiger partial charge in [-0.1, -0.05) is 18.9 Å². The molecule has 0 aliphatic heterocycles. The summed E-state index contributed by atoms with van der Waals surface area (Å²) < 4.78 is 1.92. The largest absolute Gasteiger partial charge is 0.395 e. The molecule has 4 rings (SSSR count). The summed E-state index contributed by atoms with van der Waals surface area (Å²) in [5.74, 6) is -0.174. The molecule has 3 aromatic rings. The Morgan fingerprint density at radius 1 is 1.20 bits per heavy atom. The molecule has 1 aromatic carbocycles. The molecule has 0 spiro atoms. The number of nitrogens with zero attached hydrogens (tertiary/aromatic N) is 4. The van der Waals surface area contributed by atoms with Gasteiger partial charge in [-0.2, -0.15) is 4.98 Å². The molecule has 2 aromatic heterocycles. The maximum absolute atomic E-state index is 11.8. The molecular weight excluding hydrogens is 384 g/mol. The molecule has 1 fully saturated rings. The SMILES string of the molecule is NC(=O)c1nnc(N[C@@H]2CCCC[C@@H]2N)nc1Nc1ccc2cn(CCO)cc2c1. The zero-order valence-corrected chi connectivity index (χ0v) is 16.6. The highest BCUT2D eigenvalue weighted by Crippen LogP contribution is 2.25. The second kappa shape index (κ2) is 8.64. The number of aliphatic hydroxyl groups is 1. The topological polar surface area (TPSA) is 157 Å². The molecule has 7 N–H and O–H groups in total. The van der Waals surface area contributed by atoms with Gasteiger partial charge in [-0.15, -0.1) is 10.2 Å². The number of benzene rings is 1. The lowest BCUT2D eigenvalue weighted by Crippen LogP contribution is -2.43. The van der Waals surface area contributed by atoms with Gasteiger partial charge >= 0.3 is 0 Å². The summed E-state index contributed by atoms with van der Waals surface area (Å²) in [4.78, 5) is 16.3. The minimum atomic E-state index is -0.714. The van der Waals surface area contributed by atoms with E-state index in [0.29, 0.717) is 12.5 Å². The molecule has 30 heavy (non-hydrogen) atoms. The Morgan fingerprint density at radius 3 is 2.77 bits per heavy atom. The molecule has 0 unspecified atom stereocenters. The van der Waals surface area contributed by atoms with Crippen molar-refractivity contribution in [2.45, 2.75) is 44.3 Å². The first kappa shape index (κ1) is 20.0. The smallest absolute Gasteiger partial charge is 0.273 e. The van der Waals surface area contributed by atoms with Crippen LogP contribution in [0.15, 0.2) is 30.6 Å². The average Bonchev–Trinajstić information content (AvgIpc) is 3.12. The number of fused-ring (bicyclic) bond motifs is 1. The van der Waals surface area contributed by atoms with E-state index in [-0.39, 0.29) is 30.2 Å². The summed E-state index contributed by atoms with van der Waals surface area (Å²) in [6.07, 6.45) is 8.01. The van der Waals surface area contributed by atoms with Gasteiger partial charge in [0.25, 0.3) is 5.91 Å². The van der Waals surface area contributed by atoms with Gasteiger partial charge in [0.2, 0.25) is 5.95 Å². The van der Waals surface area contributed by atoms with E-state index in [1.807, 2.05) is 35.2 Å². The van der Waals surface area contributed by atoms with Crippen LogP contribution in [0.1, 0.15) is 36.2 Å². The Hall–Kier alpha value is -3.24. The van der Waals surface area contributed by atoms with Crippen LogP contribution in [-0.2, 0) is 6.54 Å². The Kier molecular flexibility index (Phi) is 5.77. The second-order valence-corrected chi connectivity index (χ2v) is 7.58. The van der Waals surface area contributed by atoms with Gasteiger partial charge in [0.15, 0.2) is 11.5 Å². The van der Waals surface area contributed by atoms with Gasteiger partial charge in [0, 0.05) is 42.1 Å². The molecule has 10 nitrogen and oxygen atoms in total. The third kappa shape index (κ3) is 4.34. The Labute approximate surface area is 173 Å². The monoisotopic (exact) mass is 410 g/mol. The molecule has 10 heteroatoms. The Morgan fingerprint density at radius 2 is 2.00 bits per heavy atom. The fourth-order valence-electron chi connectivity index (χ4n) is 3.80. The second-order valence-electron chi connectivity index (χ2n) is 7.58. The first-order chi connectivity index (χ1) is 14.5. The first-order valence-electron chi connectivity index (χ1n) is 10.1. The predicted octanol–water partition coefficient (Wildman–Crippen LogP) is 1.34. The summed E-state index contributed by atoms with van der Waals surface area (Å²) in [5.41, 5.74) is 12.4. The lowest BCUT2D eigenvalue weighted by Gasteiger charge is -2.29. The van der Waals surface area contributed by atoms with E-state index in [1.54, 1.807) is 0 Å². The van der Waals surface area contributed by atoms with Crippen LogP contribution in [0.3, 0.4) is 0 Å². The van der Waals surface area contributed by atoms with Gasteiger partial charge in [-0.25, -0.2) is 0 Å². The van der Waals surface area contributed by atoms with E-state index in [9.17, 15) is 4.79 Å². The zero-order valence-electron chi connectivity index (χ0n) is 16.6. The fraction of sp³-hybridized carbons (Fsp3) is 0.400. The Bertz CT molecular complexity index is 1050. The number of nitrogens with one attached hydrogen (secondary N) is 2. The lowest BCUT2D eigenvalue weighted by atomic mass is 9.91. The zero-order chi connectivity index (χ0) is 21.1. The van der Waals surface area contributed by atoms with Crippen molar-refractivity contribution in [3.05, 3.63) is 36.3 Å². The highest BCUT2D eigenvalue weighted by atomic mass is 16.3. The third-order valence-corrected chi connectivity index (χ3v) is 5.37. The molecule has 2 atom stereocenters. The van der Waals surface area contributed by atoms with Crippen molar-refractivity contribution >= 4 is 34.1 Å². The van der Waals surface area contributed by atoms with Crippen LogP contribution in [0.2, 0.25) is 0 Å². The maximum atomic E-state index is 11.8. The molecule has 1 saturated carbocycles.